The number of imidazole rings is 1. The Kier molecular flexibility index (Phi) is 4.33. The van der Waals surface area contributed by atoms with Gasteiger partial charge in [-0.1, -0.05) is 61.0 Å². The molecule has 0 atom stereocenters. The van der Waals surface area contributed by atoms with Gasteiger partial charge in [-0.25, -0.2) is 4.98 Å². The number of nitrogens with zero attached hydrogens (tertiary/aromatic N) is 2. The first-order chi connectivity index (χ1) is 12.3. The van der Waals surface area contributed by atoms with Crippen molar-refractivity contribution in [2.45, 2.75) is 26.5 Å². The van der Waals surface area contributed by atoms with E-state index in [0.29, 0.717) is 17.4 Å². The fraction of sp³-hybridized carbons (Fsp3) is 0.190. The molecule has 0 bridgehead atoms. The zero-order valence-corrected chi connectivity index (χ0v) is 14.8. The molecule has 1 heterocycles. The van der Waals surface area contributed by atoms with Crippen molar-refractivity contribution in [3.8, 4) is 5.75 Å². The van der Waals surface area contributed by atoms with Gasteiger partial charge in [0, 0.05) is 11.9 Å². The monoisotopic (exact) mass is 350 g/mol. The minimum absolute atomic E-state index is 0.396. The lowest BCUT2D eigenvalue weighted by molar-refractivity contribution is 0.290. The zero-order chi connectivity index (χ0) is 17.2. The third kappa shape index (κ3) is 2.96. The molecule has 0 N–H and O–H groups in total. The first kappa shape index (κ1) is 16.0. The Hall–Kier alpha value is -2.52. The van der Waals surface area contributed by atoms with Crippen molar-refractivity contribution >= 4 is 33.4 Å². The smallest absolute Gasteiger partial charge is 0.147 e. The molecule has 0 aliphatic heterocycles. The van der Waals surface area contributed by atoms with Crippen LogP contribution in [0.5, 0.6) is 5.75 Å². The highest BCUT2D eigenvalue weighted by Crippen LogP contribution is 2.33. The second-order valence-corrected chi connectivity index (χ2v) is 6.43. The van der Waals surface area contributed by atoms with Crippen LogP contribution in [-0.2, 0) is 13.2 Å². The van der Waals surface area contributed by atoms with Gasteiger partial charge in [-0.05, 0) is 30.0 Å². The van der Waals surface area contributed by atoms with E-state index in [1.807, 2.05) is 54.6 Å². The fourth-order valence-corrected chi connectivity index (χ4v) is 3.47. The van der Waals surface area contributed by atoms with Gasteiger partial charge in [-0.3, -0.25) is 0 Å². The van der Waals surface area contributed by atoms with Crippen LogP contribution in [0.15, 0.2) is 60.7 Å². The molecule has 0 fully saturated rings. The first-order valence-electron chi connectivity index (χ1n) is 8.52. The van der Waals surface area contributed by atoms with Crippen LogP contribution in [0.25, 0.3) is 21.8 Å². The summed E-state index contributed by atoms with van der Waals surface area (Å²) in [4.78, 5) is 4.73. The minimum atomic E-state index is 0.396. The average Bonchev–Trinajstić information content (AvgIpc) is 3.00. The van der Waals surface area contributed by atoms with Crippen LogP contribution in [-0.4, -0.2) is 9.55 Å². The third-order valence-corrected chi connectivity index (χ3v) is 4.76. The van der Waals surface area contributed by atoms with Gasteiger partial charge in [0.25, 0.3) is 0 Å². The highest BCUT2D eigenvalue weighted by molar-refractivity contribution is 6.37. The number of aromatic nitrogens is 2. The molecule has 0 aliphatic carbocycles. The molecule has 0 amide bonds. The molecule has 126 valence electrons. The molecule has 0 unspecified atom stereocenters. The zero-order valence-electron chi connectivity index (χ0n) is 14.1. The molecule has 4 aromatic rings. The van der Waals surface area contributed by atoms with Crippen molar-refractivity contribution in [2.75, 3.05) is 0 Å². The normalized spacial score (nSPS) is 11.3. The van der Waals surface area contributed by atoms with E-state index in [2.05, 4.69) is 17.6 Å². The van der Waals surface area contributed by atoms with Gasteiger partial charge in [0.2, 0.25) is 0 Å². The predicted octanol–water partition coefficient (Wildman–Crippen LogP) is 5.83. The van der Waals surface area contributed by atoms with E-state index in [9.17, 15) is 0 Å². The van der Waals surface area contributed by atoms with Gasteiger partial charge in [0.1, 0.15) is 18.2 Å². The molecule has 25 heavy (non-hydrogen) atoms. The van der Waals surface area contributed by atoms with E-state index >= 15 is 0 Å². The third-order valence-electron chi connectivity index (χ3n) is 4.37. The number of para-hydroxylation sites is 2. The second kappa shape index (κ2) is 6.77. The van der Waals surface area contributed by atoms with Gasteiger partial charge in [-0.2, -0.15) is 0 Å². The van der Waals surface area contributed by atoms with Crippen LogP contribution in [0, 0.1) is 0 Å². The van der Waals surface area contributed by atoms with Crippen LogP contribution in [0.1, 0.15) is 19.2 Å². The minimum Gasteiger partial charge on any atom is -0.484 e. The summed E-state index contributed by atoms with van der Waals surface area (Å²) in [6, 6.07) is 20.2. The van der Waals surface area contributed by atoms with Crippen molar-refractivity contribution in [3.63, 3.8) is 0 Å². The van der Waals surface area contributed by atoms with Gasteiger partial charge >= 0.3 is 0 Å². The lowest BCUT2D eigenvalue weighted by Gasteiger charge is -2.11. The maximum absolute atomic E-state index is 6.54. The van der Waals surface area contributed by atoms with Crippen LogP contribution in [0.4, 0.5) is 0 Å². The molecular formula is C21H19ClN2O. The van der Waals surface area contributed by atoms with Gasteiger partial charge < -0.3 is 9.30 Å². The summed E-state index contributed by atoms with van der Waals surface area (Å²) in [6.45, 7) is 3.48. The summed E-state index contributed by atoms with van der Waals surface area (Å²) in [7, 11) is 0. The molecule has 0 spiro atoms. The number of rotatable bonds is 5. The van der Waals surface area contributed by atoms with Gasteiger partial charge in [-0.15, -0.1) is 0 Å². The topological polar surface area (TPSA) is 27.1 Å². The largest absolute Gasteiger partial charge is 0.484 e. The maximum Gasteiger partial charge on any atom is 0.147 e. The number of halogens is 1. The number of hydrogen-bond acceptors (Lipinski definition) is 2. The van der Waals surface area contributed by atoms with Gasteiger partial charge in [0.15, 0.2) is 0 Å². The molecule has 0 aliphatic rings. The molecular weight excluding hydrogens is 332 g/mol. The maximum atomic E-state index is 6.54. The Morgan fingerprint density at radius 1 is 1.00 bits per heavy atom. The van der Waals surface area contributed by atoms with Crippen molar-refractivity contribution in [1.29, 1.82) is 0 Å². The highest BCUT2D eigenvalue weighted by Gasteiger charge is 2.12. The summed E-state index contributed by atoms with van der Waals surface area (Å²) >= 11 is 6.54. The first-order valence-corrected chi connectivity index (χ1v) is 8.90. The van der Waals surface area contributed by atoms with Crippen LogP contribution < -0.4 is 4.74 Å². The van der Waals surface area contributed by atoms with Crippen molar-refractivity contribution in [2.24, 2.45) is 0 Å². The van der Waals surface area contributed by atoms with Crippen LogP contribution in [0.2, 0.25) is 5.02 Å². The fourth-order valence-electron chi connectivity index (χ4n) is 3.18. The Balaban J connectivity index is 1.66. The van der Waals surface area contributed by atoms with Crippen molar-refractivity contribution < 1.29 is 4.74 Å². The Bertz CT molecular complexity index is 1040. The number of aryl methyl sites for hydroxylation is 1. The van der Waals surface area contributed by atoms with E-state index in [-0.39, 0.29) is 0 Å². The molecule has 4 heteroatoms. The standard InChI is InChI=1S/C21H19ClN2O/c1-2-13-24-18-10-6-5-9-17(18)23-20(24)14-25-19-12-11-15-7-3-4-8-16(15)21(19)22/h3-12H,2,13-14H2,1H3. The van der Waals surface area contributed by atoms with Crippen molar-refractivity contribution in [1.82, 2.24) is 9.55 Å². The van der Waals surface area contributed by atoms with Crippen LogP contribution in [0.3, 0.4) is 0 Å². The lowest BCUT2D eigenvalue weighted by Crippen LogP contribution is -2.07. The molecule has 3 nitrogen and oxygen atoms in total. The van der Waals surface area contributed by atoms with Crippen LogP contribution >= 0.6 is 11.6 Å². The molecule has 0 saturated heterocycles. The Morgan fingerprint density at radius 2 is 1.80 bits per heavy atom. The predicted molar refractivity (Wildman–Crippen MR) is 103 cm³/mol. The van der Waals surface area contributed by atoms with Gasteiger partial charge in [0.05, 0.1) is 16.1 Å². The Labute approximate surface area is 151 Å². The number of fused-ring (bicyclic) bond motifs is 2. The summed E-state index contributed by atoms with van der Waals surface area (Å²) in [5.74, 6) is 1.61. The Morgan fingerprint density at radius 3 is 2.68 bits per heavy atom. The highest BCUT2D eigenvalue weighted by atomic mass is 35.5. The average molecular weight is 351 g/mol. The molecule has 0 saturated carbocycles. The molecule has 4 rings (SSSR count). The summed E-state index contributed by atoms with van der Waals surface area (Å²) in [5.41, 5.74) is 2.15. The van der Waals surface area contributed by atoms with E-state index in [0.717, 1.165) is 40.6 Å². The number of hydrogen-bond donors (Lipinski definition) is 0. The molecule has 3 aromatic carbocycles. The number of ether oxygens (including phenoxy) is 1. The summed E-state index contributed by atoms with van der Waals surface area (Å²) in [6.07, 6.45) is 1.05. The lowest BCUT2D eigenvalue weighted by atomic mass is 10.1. The molecule has 0 radical (unpaired) electrons. The van der Waals surface area contributed by atoms with E-state index in [4.69, 9.17) is 21.3 Å². The summed E-state index contributed by atoms with van der Waals surface area (Å²) < 4.78 is 8.26. The molecule has 1 aromatic heterocycles. The second-order valence-electron chi connectivity index (χ2n) is 6.06. The van der Waals surface area contributed by atoms with E-state index in [1.54, 1.807) is 0 Å². The summed E-state index contributed by atoms with van der Waals surface area (Å²) in [5, 5.41) is 2.76. The number of benzene rings is 3. The SMILES string of the molecule is CCCn1c(COc2ccc3ccccc3c2Cl)nc2ccccc21. The quantitative estimate of drug-likeness (QED) is 0.452. The van der Waals surface area contributed by atoms with E-state index in [1.165, 1.54) is 0 Å². The van der Waals surface area contributed by atoms with E-state index < -0.39 is 0 Å². The van der Waals surface area contributed by atoms with Crippen molar-refractivity contribution in [3.05, 3.63) is 71.5 Å².